The molecule has 1 aromatic carbocycles. The Morgan fingerprint density at radius 1 is 1.59 bits per heavy atom. The molecular formula is C13H16N2O2. The average molecular weight is 232 g/mol. The summed E-state index contributed by atoms with van der Waals surface area (Å²) in [4.78, 5) is 0. The molecule has 0 unspecified atom stereocenters. The Labute approximate surface area is 101 Å². The third-order valence-electron chi connectivity index (χ3n) is 2.73. The maximum Gasteiger partial charge on any atom is 0.122 e. The topological polar surface area (TPSA) is 54.3 Å². The molecule has 4 heteroatoms. The number of nitrogens with one attached hydrogen (secondary N) is 1. The van der Waals surface area contributed by atoms with Crippen LogP contribution in [0.3, 0.4) is 0 Å². The molecule has 1 aliphatic heterocycles. The number of aryl methyl sites for hydroxylation is 1. The Hall–Kier alpha value is -1.57. The predicted molar refractivity (Wildman–Crippen MR) is 64.0 cm³/mol. The highest BCUT2D eigenvalue weighted by atomic mass is 16.5. The SMILES string of the molecule is Cc1cc(C#N)ccc1OC[C@@H]1CNCCO1. The van der Waals surface area contributed by atoms with Crippen molar-refractivity contribution in [2.75, 3.05) is 26.3 Å². The second-order valence-corrected chi connectivity index (χ2v) is 4.10. The molecule has 0 aromatic heterocycles. The first-order valence-corrected chi connectivity index (χ1v) is 5.75. The van der Waals surface area contributed by atoms with Gasteiger partial charge in [0.2, 0.25) is 0 Å². The van der Waals surface area contributed by atoms with E-state index in [1.54, 1.807) is 6.07 Å². The van der Waals surface area contributed by atoms with Crippen LogP contribution in [0.5, 0.6) is 5.75 Å². The molecule has 0 amide bonds. The second kappa shape index (κ2) is 5.67. The van der Waals surface area contributed by atoms with Crippen LogP contribution in [0.25, 0.3) is 0 Å². The summed E-state index contributed by atoms with van der Waals surface area (Å²) < 4.78 is 11.2. The number of ether oxygens (including phenoxy) is 2. The van der Waals surface area contributed by atoms with E-state index in [2.05, 4.69) is 11.4 Å². The van der Waals surface area contributed by atoms with Crippen LogP contribution in [0, 0.1) is 18.3 Å². The Bertz CT molecular complexity index is 420. The van der Waals surface area contributed by atoms with Gasteiger partial charge in [0.25, 0.3) is 0 Å². The van der Waals surface area contributed by atoms with Crippen molar-refractivity contribution in [2.45, 2.75) is 13.0 Å². The lowest BCUT2D eigenvalue weighted by atomic mass is 10.1. The van der Waals surface area contributed by atoms with E-state index in [0.29, 0.717) is 12.2 Å². The maximum absolute atomic E-state index is 8.77. The van der Waals surface area contributed by atoms with Gasteiger partial charge < -0.3 is 14.8 Å². The van der Waals surface area contributed by atoms with E-state index in [1.807, 2.05) is 19.1 Å². The van der Waals surface area contributed by atoms with Crippen molar-refractivity contribution in [3.63, 3.8) is 0 Å². The van der Waals surface area contributed by atoms with Gasteiger partial charge in [-0.3, -0.25) is 0 Å². The summed E-state index contributed by atoms with van der Waals surface area (Å²) in [5.74, 6) is 0.818. The summed E-state index contributed by atoms with van der Waals surface area (Å²) in [5.41, 5.74) is 1.64. The highest BCUT2D eigenvalue weighted by Gasteiger charge is 2.14. The molecule has 0 saturated carbocycles. The van der Waals surface area contributed by atoms with Crippen LogP contribution >= 0.6 is 0 Å². The standard InChI is InChI=1S/C13H16N2O2/c1-10-6-11(7-14)2-3-13(10)17-9-12-8-15-4-5-16-12/h2-3,6,12,15H,4-5,8-9H2,1H3/t12-/m0/s1. The summed E-state index contributed by atoms with van der Waals surface area (Å²) in [6.45, 7) is 4.96. The molecule has 0 bridgehead atoms. The predicted octanol–water partition coefficient (Wildman–Crippen LogP) is 1.23. The average Bonchev–Trinajstić information content (AvgIpc) is 2.38. The lowest BCUT2D eigenvalue weighted by molar-refractivity contribution is 0.0000666. The molecule has 1 atom stereocenters. The maximum atomic E-state index is 8.77. The van der Waals surface area contributed by atoms with Crippen LogP contribution in [0.1, 0.15) is 11.1 Å². The van der Waals surface area contributed by atoms with Gasteiger partial charge in [-0.2, -0.15) is 5.26 Å². The summed E-state index contributed by atoms with van der Waals surface area (Å²) in [6.07, 6.45) is 0.110. The van der Waals surface area contributed by atoms with Gasteiger partial charge >= 0.3 is 0 Å². The normalized spacial score (nSPS) is 19.6. The monoisotopic (exact) mass is 232 g/mol. The van der Waals surface area contributed by atoms with E-state index in [0.717, 1.165) is 31.0 Å². The van der Waals surface area contributed by atoms with Crippen LogP contribution in [-0.2, 0) is 4.74 Å². The van der Waals surface area contributed by atoms with Crippen molar-refractivity contribution in [3.05, 3.63) is 29.3 Å². The minimum atomic E-state index is 0.110. The highest BCUT2D eigenvalue weighted by Crippen LogP contribution is 2.19. The molecule has 17 heavy (non-hydrogen) atoms. The zero-order valence-corrected chi connectivity index (χ0v) is 9.90. The van der Waals surface area contributed by atoms with Gasteiger partial charge in [0, 0.05) is 13.1 Å². The molecule has 0 radical (unpaired) electrons. The molecule has 1 fully saturated rings. The van der Waals surface area contributed by atoms with Gasteiger partial charge in [0.05, 0.1) is 18.2 Å². The van der Waals surface area contributed by atoms with Crippen LogP contribution < -0.4 is 10.1 Å². The number of nitriles is 1. The number of rotatable bonds is 3. The fourth-order valence-electron chi connectivity index (χ4n) is 1.79. The molecule has 1 N–H and O–H groups in total. The van der Waals surface area contributed by atoms with E-state index in [-0.39, 0.29) is 6.10 Å². The molecule has 2 rings (SSSR count). The van der Waals surface area contributed by atoms with Crippen LogP contribution in [0.2, 0.25) is 0 Å². The number of hydrogen-bond donors (Lipinski definition) is 1. The smallest absolute Gasteiger partial charge is 0.122 e. The first kappa shape index (κ1) is 11.9. The Morgan fingerprint density at radius 3 is 3.12 bits per heavy atom. The minimum absolute atomic E-state index is 0.110. The molecule has 1 heterocycles. The quantitative estimate of drug-likeness (QED) is 0.851. The lowest BCUT2D eigenvalue weighted by Gasteiger charge is -2.24. The third kappa shape index (κ3) is 3.19. The molecule has 90 valence electrons. The van der Waals surface area contributed by atoms with E-state index < -0.39 is 0 Å². The number of hydrogen-bond acceptors (Lipinski definition) is 4. The van der Waals surface area contributed by atoms with Gasteiger partial charge in [-0.05, 0) is 30.7 Å². The fraction of sp³-hybridized carbons (Fsp3) is 0.462. The van der Waals surface area contributed by atoms with Crippen molar-refractivity contribution >= 4 is 0 Å². The number of benzene rings is 1. The zero-order valence-electron chi connectivity index (χ0n) is 9.90. The zero-order chi connectivity index (χ0) is 12.1. The van der Waals surface area contributed by atoms with Crippen molar-refractivity contribution in [1.82, 2.24) is 5.32 Å². The van der Waals surface area contributed by atoms with E-state index in [4.69, 9.17) is 14.7 Å². The molecule has 1 aromatic rings. The van der Waals surface area contributed by atoms with Gasteiger partial charge in [-0.1, -0.05) is 0 Å². The van der Waals surface area contributed by atoms with Crippen molar-refractivity contribution < 1.29 is 9.47 Å². The second-order valence-electron chi connectivity index (χ2n) is 4.10. The first-order valence-electron chi connectivity index (χ1n) is 5.75. The first-order chi connectivity index (χ1) is 8.29. The van der Waals surface area contributed by atoms with Gasteiger partial charge in [-0.25, -0.2) is 0 Å². The van der Waals surface area contributed by atoms with E-state index in [9.17, 15) is 0 Å². The largest absolute Gasteiger partial charge is 0.491 e. The number of nitrogens with zero attached hydrogens (tertiary/aromatic N) is 1. The van der Waals surface area contributed by atoms with Gasteiger partial charge in [-0.15, -0.1) is 0 Å². The Morgan fingerprint density at radius 2 is 2.47 bits per heavy atom. The summed E-state index contributed by atoms with van der Waals surface area (Å²) >= 11 is 0. The van der Waals surface area contributed by atoms with Crippen LogP contribution in [0.4, 0.5) is 0 Å². The molecule has 0 aliphatic carbocycles. The summed E-state index contributed by atoms with van der Waals surface area (Å²) in [7, 11) is 0. The van der Waals surface area contributed by atoms with Crippen molar-refractivity contribution in [2.24, 2.45) is 0 Å². The van der Waals surface area contributed by atoms with Crippen molar-refractivity contribution in [1.29, 1.82) is 5.26 Å². The van der Waals surface area contributed by atoms with E-state index >= 15 is 0 Å². The molecule has 1 saturated heterocycles. The van der Waals surface area contributed by atoms with Crippen molar-refractivity contribution in [3.8, 4) is 11.8 Å². The molecule has 0 spiro atoms. The Kier molecular flexibility index (Phi) is 3.97. The third-order valence-corrected chi connectivity index (χ3v) is 2.73. The minimum Gasteiger partial charge on any atom is -0.491 e. The molecule has 4 nitrogen and oxygen atoms in total. The van der Waals surface area contributed by atoms with E-state index in [1.165, 1.54) is 0 Å². The summed E-state index contributed by atoms with van der Waals surface area (Å²) in [5, 5.41) is 12.0. The van der Waals surface area contributed by atoms with Crippen LogP contribution in [0.15, 0.2) is 18.2 Å². The molecular weight excluding hydrogens is 216 g/mol. The van der Waals surface area contributed by atoms with Gasteiger partial charge in [0.1, 0.15) is 18.5 Å². The number of morpholine rings is 1. The molecule has 1 aliphatic rings. The lowest BCUT2D eigenvalue weighted by Crippen LogP contribution is -2.41. The van der Waals surface area contributed by atoms with Crippen LogP contribution in [-0.4, -0.2) is 32.4 Å². The van der Waals surface area contributed by atoms with Gasteiger partial charge in [0.15, 0.2) is 0 Å². The fourth-order valence-corrected chi connectivity index (χ4v) is 1.79. The Balaban J connectivity index is 1.92. The summed E-state index contributed by atoms with van der Waals surface area (Å²) in [6, 6.07) is 7.54. The highest BCUT2D eigenvalue weighted by molar-refractivity contribution is 5.41.